The summed E-state index contributed by atoms with van der Waals surface area (Å²) in [4.78, 5) is 0. The first kappa shape index (κ1) is 11.2. The second kappa shape index (κ2) is 7.56. The molecule has 0 aromatic carbocycles. The minimum atomic E-state index is 0.0570. The van der Waals surface area contributed by atoms with Gasteiger partial charge in [-0.3, -0.25) is 0 Å². The van der Waals surface area contributed by atoms with E-state index in [1.165, 1.54) is 23.8 Å². The zero-order valence-electron chi connectivity index (χ0n) is 7.43. The van der Waals surface area contributed by atoms with Gasteiger partial charge in [0.25, 0.3) is 0 Å². The van der Waals surface area contributed by atoms with E-state index < -0.39 is 0 Å². The van der Waals surface area contributed by atoms with Crippen LogP contribution in [-0.4, -0.2) is 37.7 Å². The number of hydrogen-bond donors (Lipinski definition) is 0. The lowest BCUT2D eigenvalue weighted by atomic mass is 10.2. The molecule has 0 aromatic heterocycles. The van der Waals surface area contributed by atoms with Gasteiger partial charge in [0.1, 0.15) is 0 Å². The highest BCUT2D eigenvalue weighted by atomic mass is 79.9. The van der Waals surface area contributed by atoms with Crippen LogP contribution in [-0.2, 0) is 9.47 Å². The number of halogens is 1. The van der Waals surface area contributed by atoms with E-state index in [9.17, 15) is 0 Å². The van der Waals surface area contributed by atoms with E-state index in [4.69, 9.17) is 9.47 Å². The molecule has 0 saturated carbocycles. The van der Waals surface area contributed by atoms with Crippen molar-refractivity contribution in [1.29, 1.82) is 0 Å². The Balaban J connectivity index is 1.91. The van der Waals surface area contributed by atoms with E-state index in [-0.39, 0.29) is 24.5 Å². The third-order valence-corrected chi connectivity index (χ3v) is 4.42. The Morgan fingerprint density at radius 3 is 3.08 bits per heavy atom. The molecule has 1 aliphatic rings. The summed E-state index contributed by atoms with van der Waals surface area (Å²) in [5, 5.41) is 0. The van der Waals surface area contributed by atoms with Crippen LogP contribution in [0.1, 0.15) is 25.7 Å². The fraction of sp³-hybridized carbons (Fsp3) is 1.00. The molecule has 0 N–H and O–H groups in total. The largest absolute Gasteiger partial charge is 0.468 e. The minimum Gasteiger partial charge on any atom is -0.353 e. The van der Waals surface area contributed by atoms with Gasteiger partial charge in [-0.15, -0.1) is 4.55 Å². The molecular formula is C8H15BrMgO2. The van der Waals surface area contributed by atoms with Crippen LogP contribution in [0, 0.1) is 0 Å². The van der Waals surface area contributed by atoms with Crippen LogP contribution in [0.25, 0.3) is 0 Å². The standard InChI is InChI=1S/C8H15O2.BrH.Mg/c1-2-6-9-8-5-3-4-7-10-8;;/h8H,1-7H2;1H;/q;;+1/p-1. The highest BCUT2D eigenvalue weighted by Crippen LogP contribution is 2.13. The summed E-state index contributed by atoms with van der Waals surface area (Å²) < 4.78 is 12.3. The maximum absolute atomic E-state index is 5.56. The molecule has 4 heteroatoms. The molecule has 68 valence electrons. The molecule has 12 heavy (non-hydrogen) atoms. The van der Waals surface area contributed by atoms with Crippen molar-refractivity contribution in [2.75, 3.05) is 13.2 Å². The summed E-state index contributed by atoms with van der Waals surface area (Å²) >= 11 is 3.58. The monoisotopic (exact) mass is 246 g/mol. The number of rotatable bonds is 5. The average molecular weight is 247 g/mol. The second-order valence-corrected chi connectivity index (χ2v) is 6.53. The van der Waals surface area contributed by atoms with Crippen molar-refractivity contribution in [2.45, 2.75) is 36.5 Å². The van der Waals surface area contributed by atoms with Crippen LogP contribution in [0.5, 0.6) is 0 Å². The zero-order valence-corrected chi connectivity index (χ0v) is 10.4. The van der Waals surface area contributed by atoms with Crippen molar-refractivity contribution >= 4 is 31.1 Å². The molecule has 0 bridgehead atoms. The fourth-order valence-electron chi connectivity index (χ4n) is 1.25. The first-order valence-electron chi connectivity index (χ1n) is 4.72. The quantitative estimate of drug-likeness (QED) is 0.548. The summed E-state index contributed by atoms with van der Waals surface area (Å²) in [6.45, 7) is 1.77. The van der Waals surface area contributed by atoms with Crippen LogP contribution < -0.4 is 0 Å². The van der Waals surface area contributed by atoms with Crippen molar-refractivity contribution in [3.05, 3.63) is 0 Å². The molecule has 1 unspecified atom stereocenters. The number of hydrogen-bond acceptors (Lipinski definition) is 2. The average Bonchev–Trinajstić information content (AvgIpc) is 2.14. The maximum atomic E-state index is 5.56. The maximum Gasteiger partial charge on any atom is 0.468 e. The lowest BCUT2D eigenvalue weighted by molar-refractivity contribution is -0.162. The Morgan fingerprint density at radius 2 is 2.42 bits per heavy atom. The normalized spacial score (nSPS) is 23.6. The molecule has 1 heterocycles. The van der Waals surface area contributed by atoms with E-state index in [2.05, 4.69) is 12.9 Å². The van der Waals surface area contributed by atoms with E-state index in [1.54, 1.807) is 0 Å². The van der Waals surface area contributed by atoms with E-state index >= 15 is 0 Å². The number of ether oxygens (including phenoxy) is 2. The lowest BCUT2D eigenvalue weighted by Gasteiger charge is -2.22. The Labute approximate surface area is 90.0 Å². The molecule has 1 atom stereocenters. The van der Waals surface area contributed by atoms with Crippen molar-refractivity contribution in [3.8, 4) is 0 Å². The Bertz CT molecular complexity index is 107. The predicted molar refractivity (Wildman–Crippen MR) is 53.6 cm³/mol. The fourth-order valence-corrected chi connectivity index (χ4v) is 2.84. The summed E-state index contributed by atoms with van der Waals surface area (Å²) in [6, 6.07) is 0. The highest BCUT2D eigenvalue weighted by molar-refractivity contribution is 9.23. The van der Waals surface area contributed by atoms with Crippen LogP contribution >= 0.6 is 12.9 Å². The second-order valence-electron chi connectivity index (χ2n) is 3.06. The van der Waals surface area contributed by atoms with Gasteiger partial charge in [0.2, 0.25) is 0 Å². The van der Waals surface area contributed by atoms with E-state index in [0.29, 0.717) is 0 Å². The van der Waals surface area contributed by atoms with Gasteiger partial charge >= 0.3 is 18.2 Å². The smallest absolute Gasteiger partial charge is 0.353 e. The Kier molecular flexibility index (Phi) is 7.08. The lowest BCUT2D eigenvalue weighted by Crippen LogP contribution is -2.22. The van der Waals surface area contributed by atoms with Crippen LogP contribution in [0.4, 0.5) is 0 Å². The van der Waals surface area contributed by atoms with Crippen LogP contribution in [0.3, 0.4) is 0 Å². The molecule has 1 aliphatic heterocycles. The van der Waals surface area contributed by atoms with Crippen LogP contribution in [0.2, 0.25) is 4.55 Å². The molecule has 0 amide bonds. The van der Waals surface area contributed by atoms with Gasteiger partial charge in [0, 0.05) is 13.2 Å². The third-order valence-electron chi connectivity index (χ3n) is 1.97. The van der Waals surface area contributed by atoms with Crippen molar-refractivity contribution < 1.29 is 9.47 Å². The molecule has 0 radical (unpaired) electrons. The highest BCUT2D eigenvalue weighted by Gasteiger charge is 2.12. The molecule has 2 nitrogen and oxygen atoms in total. The van der Waals surface area contributed by atoms with Crippen molar-refractivity contribution in [3.63, 3.8) is 0 Å². The molecule has 0 aromatic rings. The summed E-state index contributed by atoms with van der Waals surface area (Å²) in [5.41, 5.74) is 0. The molecule has 0 aliphatic carbocycles. The van der Waals surface area contributed by atoms with Gasteiger partial charge in [-0.1, -0.05) is 6.42 Å². The SMILES string of the molecule is [Br][Mg][CH2]CCOC1CCCCO1. The van der Waals surface area contributed by atoms with Gasteiger partial charge < -0.3 is 22.4 Å². The van der Waals surface area contributed by atoms with Gasteiger partial charge in [-0.05, 0) is 19.3 Å². The van der Waals surface area contributed by atoms with Crippen molar-refractivity contribution in [2.24, 2.45) is 0 Å². The summed E-state index contributed by atoms with van der Waals surface area (Å²) in [7, 11) is 0. The Hall–Kier alpha value is 1.17. The molecular weight excluding hydrogens is 232 g/mol. The van der Waals surface area contributed by atoms with E-state index in [1.807, 2.05) is 0 Å². The first-order valence-corrected chi connectivity index (χ1v) is 9.62. The van der Waals surface area contributed by atoms with Crippen LogP contribution in [0.15, 0.2) is 0 Å². The topological polar surface area (TPSA) is 18.5 Å². The summed E-state index contributed by atoms with van der Waals surface area (Å²) in [6.07, 6.45) is 4.85. The van der Waals surface area contributed by atoms with Gasteiger partial charge in [0.05, 0.1) is 0 Å². The first-order chi connectivity index (χ1) is 5.93. The molecule has 1 fully saturated rings. The predicted octanol–water partition coefficient (Wildman–Crippen LogP) is 2.35. The minimum absolute atomic E-state index is 0.0570. The Morgan fingerprint density at radius 1 is 1.50 bits per heavy atom. The third kappa shape index (κ3) is 5.02. The molecule has 0 spiro atoms. The van der Waals surface area contributed by atoms with Gasteiger partial charge in [0.15, 0.2) is 6.29 Å². The molecule has 1 saturated heterocycles. The summed E-state index contributed by atoms with van der Waals surface area (Å²) in [5.74, 6) is 0. The van der Waals surface area contributed by atoms with Gasteiger partial charge in [-0.25, -0.2) is 0 Å². The van der Waals surface area contributed by atoms with E-state index in [0.717, 1.165) is 19.6 Å². The van der Waals surface area contributed by atoms with Gasteiger partial charge in [-0.2, -0.15) is 0 Å². The molecule has 1 rings (SSSR count). The zero-order chi connectivity index (χ0) is 8.65. The van der Waals surface area contributed by atoms with Crippen molar-refractivity contribution in [1.82, 2.24) is 0 Å².